The minimum absolute atomic E-state index is 0.583. The van der Waals surface area contributed by atoms with E-state index in [1.165, 1.54) is 10.8 Å². The summed E-state index contributed by atoms with van der Waals surface area (Å²) in [4.78, 5) is 7.59. The van der Waals surface area contributed by atoms with Gasteiger partial charge in [-0.1, -0.05) is 109 Å². The van der Waals surface area contributed by atoms with Crippen molar-refractivity contribution in [2.75, 3.05) is 0 Å². The van der Waals surface area contributed by atoms with Crippen LogP contribution in [0.3, 0.4) is 0 Å². The van der Waals surface area contributed by atoms with Crippen LogP contribution in [0, 0.1) is 13.1 Å². The summed E-state index contributed by atoms with van der Waals surface area (Å²) in [6, 6.07) is 54.5. The van der Waals surface area contributed by atoms with E-state index >= 15 is 0 Å². The molecule has 0 aliphatic rings. The second-order valence-corrected chi connectivity index (χ2v) is 11.9. The molecule has 0 unspecified atom stereocenters. The van der Waals surface area contributed by atoms with Crippen LogP contribution in [0.25, 0.3) is 86.9 Å². The minimum atomic E-state index is 0.583. The Morgan fingerprint density at radius 2 is 0.938 bits per heavy atom. The molecule has 0 bridgehead atoms. The van der Waals surface area contributed by atoms with Gasteiger partial charge in [-0.2, -0.15) is 0 Å². The summed E-state index contributed by atoms with van der Waals surface area (Å²) in [6.07, 6.45) is 0. The van der Waals surface area contributed by atoms with E-state index in [2.05, 4.69) is 152 Å². The summed E-state index contributed by atoms with van der Waals surface area (Å²) in [5.74, 6) is 0. The maximum absolute atomic E-state index is 7.90. The van der Waals surface area contributed by atoms with Gasteiger partial charge in [0, 0.05) is 38.3 Å². The summed E-state index contributed by atoms with van der Waals surface area (Å²) in [7, 11) is 0. The molecule has 7 aromatic carbocycles. The van der Waals surface area contributed by atoms with Crippen LogP contribution in [0.15, 0.2) is 158 Å². The Labute approximate surface area is 277 Å². The Bertz CT molecular complexity index is 2760. The molecular formula is C44H26N4. The first-order chi connectivity index (χ1) is 23.7. The lowest BCUT2D eigenvalue weighted by molar-refractivity contribution is 1.18. The van der Waals surface area contributed by atoms with Crippen LogP contribution in [-0.2, 0) is 0 Å². The van der Waals surface area contributed by atoms with Gasteiger partial charge in [-0.25, -0.2) is 9.69 Å². The van der Waals surface area contributed by atoms with Crippen LogP contribution < -0.4 is 0 Å². The molecule has 0 amide bonds. The molecule has 2 heterocycles. The van der Waals surface area contributed by atoms with Crippen molar-refractivity contribution in [3.63, 3.8) is 0 Å². The quantitative estimate of drug-likeness (QED) is 0.177. The van der Waals surface area contributed by atoms with Gasteiger partial charge in [0.15, 0.2) is 11.4 Å². The normalized spacial score (nSPS) is 11.3. The van der Waals surface area contributed by atoms with Crippen LogP contribution in [0.1, 0.15) is 0 Å². The van der Waals surface area contributed by atoms with Gasteiger partial charge in [-0.05, 0) is 65.2 Å². The Morgan fingerprint density at radius 3 is 1.62 bits per heavy atom. The lowest BCUT2D eigenvalue weighted by atomic mass is 9.92. The fourth-order valence-corrected chi connectivity index (χ4v) is 7.27. The second-order valence-electron chi connectivity index (χ2n) is 11.9. The molecule has 2 aromatic heterocycles. The van der Waals surface area contributed by atoms with Gasteiger partial charge in [-0.3, -0.25) is 0 Å². The maximum Gasteiger partial charge on any atom is 0.189 e. The van der Waals surface area contributed by atoms with E-state index in [0.29, 0.717) is 11.4 Å². The lowest BCUT2D eigenvalue weighted by Crippen LogP contribution is -1.98. The summed E-state index contributed by atoms with van der Waals surface area (Å²) in [5.41, 5.74) is 11.7. The molecule has 4 nitrogen and oxygen atoms in total. The van der Waals surface area contributed by atoms with Crippen LogP contribution in [0.5, 0.6) is 0 Å². The van der Waals surface area contributed by atoms with Crippen LogP contribution in [-0.4, -0.2) is 9.13 Å². The van der Waals surface area contributed by atoms with Crippen LogP contribution >= 0.6 is 0 Å². The van der Waals surface area contributed by atoms with Crippen molar-refractivity contribution in [3.05, 3.63) is 181 Å². The molecule has 0 saturated carbocycles. The van der Waals surface area contributed by atoms with Gasteiger partial charge in [0.25, 0.3) is 0 Å². The van der Waals surface area contributed by atoms with Crippen molar-refractivity contribution in [3.8, 4) is 33.6 Å². The SMILES string of the molecule is [C-]#[N+]c1ccc(-c2cccc(-n3c4ccccc4c4ccccc43)c2)c(-c2ccccc2-n2c3ccccc3c3ccc([N+]#[C-])cc32)c1. The minimum Gasteiger partial charge on any atom is -0.310 e. The summed E-state index contributed by atoms with van der Waals surface area (Å²) >= 11 is 0. The zero-order valence-corrected chi connectivity index (χ0v) is 25.8. The molecule has 0 atom stereocenters. The molecule has 222 valence electrons. The van der Waals surface area contributed by atoms with Gasteiger partial charge in [-0.15, -0.1) is 0 Å². The van der Waals surface area contributed by atoms with E-state index in [-0.39, 0.29) is 0 Å². The summed E-state index contributed by atoms with van der Waals surface area (Å²) in [6.45, 7) is 15.6. The van der Waals surface area contributed by atoms with Crippen molar-refractivity contribution in [2.24, 2.45) is 0 Å². The second kappa shape index (κ2) is 10.9. The first-order valence-electron chi connectivity index (χ1n) is 15.8. The van der Waals surface area contributed by atoms with E-state index in [9.17, 15) is 0 Å². The first kappa shape index (κ1) is 27.4. The zero-order chi connectivity index (χ0) is 32.2. The Hall–Kier alpha value is -6.88. The predicted octanol–water partition coefficient (Wildman–Crippen LogP) is 12.3. The zero-order valence-electron chi connectivity index (χ0n) is 25.8. The van der Waals surface area contributed by atoms with Crippen molar-refractivity contribution in [2.45, 2.75) is 0 Å². The molecule has 4 heteroatoms. The standard InChI is InChI=1S/C44H26N4/c1-45-30-22-24-33(29-12-11-13-32(26-29)47-40-18-7-3-14-34(40)35-15-4-8-19-41(35)47)39(27-30)37-17-6-10-21-43(37)48-42-20-9-5-16-36(42)38-25-23-31(46-2)28-44(38)48/h3-28H. The fourth-order valence-electron chi connectivity index (χ4n) is 7.27. The number of para-hydroxylation sites is 4. The van der Waals surface area contributed by atoms with Gasteiger partial charge in [0.2, 0.25) is 0 Å². The lowest BCUT2D eigenvalue weighted by Gasteiger charge is -2.18. The van der Waals surface area contributed by atoms with Gasteiger partial charge < -0.3 is 9.13 Å². The molecule has 0 saturated heterocycles. The molecule has 0 aliphatic heterocycles. The maximum atomic E-state index is 7.90. The highest BCUT2D eigenvalue weighted by Gasteiger charge is 2.19. The largest absolute Gasteiger partial charge is 0.310 e. The highest BCUT2D eigenvalue weighted by Crippen LogP contribution is 2.42. The molecule has 0 fully saturated rings. The molecule has 0 spiro atoms. The van der Waals surface area contributed by atoms with Crippen molar-refractivity contribution in [1.82, 2.24) is 9.13 Å². The molecule has 0 N–H and O–H groups in total. The molecule has 9 aromatic rings. The third-order valence-electron chi connectivity index (χ3n) is 9.35. The average molecular weight is 611 g/mol. The van der Waals surface area contributed by atoms with Gasteiger partial charge >= 0.3 is 0 Å². The number of benzene rings is 7. The Balaban J connectivity index is 1.30. The van der Waals surface area contributed by atoms with E-state index in [4.69, 9.17) is 13.1 Å². The van der Waals surface area contributed by atoms with E-state index in [0.717, 1.165) is 66.5 Å². The number of aromatic nitrogens is 2. The van der Waals surface area contributed by atoms with Crippen LogP contribution in [0.2, 0.25) is 0 Å². The third kappa shape index (κ3) is 4.14. The molecule has 0 aliphatic carbocycles. The number of hydrogen-bond donors (Lipinski definition) is 0. The summed E-state index contributed by atoms with van der Waals surface area (Å²) in [5, 5.41) is 4.68. The molecule has 0 radical (unpaired) electrons. The van der Waals surface area contributed by atoms with E-state index in [1.807, 2.05) is 24.3 Å². The Morgan fingerprint density at radius 1 is 0.375 bits per heavy atom. The van der Waals surface area contributed by atoms with Crippen LogP contribution in [0.4, 0.5) is 11.4 Å². The monoisotopic (exact) mass is 610 g/mol. The number of nitrogens with zero attached hydrogens (tertiary/aromatic N) is 4. The molecule has 9 rings (SSSR count). The van der Waals surface area contributed by atoms with E-state index in [1.54, 1.807) is 0 Å². The van der Waals surface area contributed by atoms with Crippen molar-refractivity contribution in [1.29, 1.82) is 0 Å². The number of fused-ring (bicyclic) bond motifs is 6. The topological polar surface area (TPSA) is 18.6 Å². The average Bonchev–Trinajstić information content (AvgIpc) is 3.67. The van der Waals surface area contributed by atoms with E-state index < -0.39 is 0 Å². The predicted molar refractivity (Wildman–Crippen MR) is 199 cm³/mol. The Kier molecular flexibility index (Phi) is 6.22. The van der Waals surface area contributed by atoms with Crippen molar-refractivity contribution >= 4 is 55.0 Å². The number of rotatable bonds is 4. The molecular weight excluding hydrogens is 585 g/mol. The third-order valence-corrected chi connectivity index (χ3v) is 9.35. The number of hydrogen-bond acceptors (Lipinski definition) is 0. The smallest absolute Gasteiger partial charge is 0.189 e. The highest BCUT2D eigenvalue weighted by atomic mass is 15.0. The van der Waals surface area contributed by atoms with Crippen molar-refractivity contribution < 1.29 is 0 Å². The fraction of sp³-hybridized carbons (Fsp3) is 0. The van der Waals surface area contributed by atoms with Gasteiger partial charge in [0.1, 0.15) is 0 Å². The molecule has 48 heavy (non-hydrogen) atoms. The first-order valence-corrected chi connectivity index (χ1v) is 15.8. The van der Waals surface area contributed by atoms with Gasteiger partial charge in [0.05, 0.1) is 35.4 Å². The summed E-state index contributed by atoms with van der Waals surface area (Å²) < 4.78 is 4.60. The highest BCUT2D eigenvalue weighted by molar-refractivity contribution is 6.11.